The molecule has 0 radical (unpaired) electrons. The van der Waals surface area contributed by atoms with Gasteiger partial charge in [0.15, 0.2) is 5.96 Å². The molecule has 1 aromatic rings. The first-order valence-electron chi connectivity index (χ1n) is 9.14. The monoisotopic (exact) mass is 491 g/mol. The van der Waals surface area contributed by atoms with Gasteiger partial charge < -0.3 is 20.4 Å². The normalized spacial score (nSPS) is 15.2. The van der Waals surface area contributed by atoms with E-state index in [1.807, 2.05) is 32.9 Å². The van der Waals surface area contributed by atoms with Crippen molar-refractivity contribution in [3.8, 4) is 0 Å². The van der Waals surface area contributed by atoms with Gasteiger partial charge in [-0.25, -0.2) is 4.39 Å². The van der Waals surface area contributed by atoms with E-state index in [4.69, 9.17) is 0 Å². The number of carbonyl (C=O) groups excluding carboxylic acids is 1. The Bertz CT molecular complexity index is 645. The average molecular weight is 491 g/mol. The van der Waals surface area contributed by atoms with Crippen molar-refractivity contribution in [2.75, 3.05) is 51.2 Å². The summed E-state index contributed by atoms with van der Waals surface area (Å²) in [7, 11) is 1.64. The Balaban J connectivity index is 0.00000364. The molecule has 0 aromatic heterocycles. The lowest BCUT2D eigenvalue weighted by molar-refractivity contribution is -0.128. The topological polar surface area (TPSA) is 60.0 Å². The number of benzene rings is 1. The maximum absolute atomic E-state index is 14.0. The van der Waals surface area contributed by atoms with Crippen LogP contribution in [0.4, 0.5) is 10.1 Å². The van der Waals surface area contributed by atoms with Gasteiger partial charge in [0.05, 0.1) is 17.6 Å². The number of piperazine rings is 1. The summed E-state index contributed by atoms with van der Waals surface area (Å²) >= 11 is 0. The third-order valence-corrected chi connectivity index (χ3v) is 4.57. The van der Waals surface area contributed by atoms with Gasteiger partial charge in [-0.3, -0.25) is 9.79 Å². The second-order valence-corrected chi connectivity index (χ2v) is 7.06. The van der Waals surface area contributed by atoms with E-state index in [9.17, 15) is 9.18 Å². The van der Waals surface area contributed by atoms with Crippen molar-refractivity contribution in [2.24, 2.45) is 10.4 Å². The number of anilines is 1. The molecule has 1 aliphatic heterocycles. The summed E-state index contributed by atoms with van der Waals surface area (Å²) in [4.78, 5) is 20.9. The van der Waals surface area contributed by atoms with Gasteiger partial charge in [-0.2, -0.15) is 0 Å². The van der Waals surface area contributed by atoms with Crippen LogP contribution in [-0.4, -0.2) is 63.1 Å². The van der Waals surface area contributed by atoms with Crippen molar-refractivity contribution < 1.29 is 9.18 Å². The Hall–Kier alpha value is -1.58. The van der Waals surface area contributed by atoms with Gasteiger partial charge in [0.25, 0.3) is 0 Å². The van der Waals surface area contributed by atoms with Crippen LogP contribution in [0.1, 0.15) is 20.8 Å². The summed E-state index contributed by atoms with van der Waals surface area (Å²) in [5, 5.41) is 5.98. The molecule has 27 heavy (non-hydrogen) atoms. The molecule has 0 bridgehead atoms. The summed E-state index contributed by atoms with van der Waals surface area (Å²) in [6.45, 7) is 9.91. The summed E-state index contributed by atoms with van der Waals surface area (Å²) in [5.74, 6) is 0.591. The number of hydrogen-bond acceptors (Lipinski definition) is 3. The van der Waals surface area contributed by atoms with E-state index in [-0.39, 0.29) is 35.7 Å². The number of para-hydroxylation sites is 1. The Morgan fingerprint density at radius 2 is 1.85 bits per heavy atom. The van der Waals surface area contributed by atoms with Crippen molar-refractivity contribution in [1.29, 1.82) is 0 Å². The van der Waals surface area contributed by atoms with E-state index in [0.29, 0.717) is 12.2 Å². The van der Waals surface area contributed by atoms with Crippen molar-refractivity contribution in [3.63, 3.8) is 0 Å². The predicted molar refractivity (Wildman–Crippen MR) is 119 cm³/mol. The van der Waals surface area contributed by atoms with Crippen LogP contribution in [-0.2, 0) is 4.79 Å². The van der Waals surface area contributed by atoms with Gasteiger partial charge in [0.2, 0.25) is 5.91 Å². The molecule has 1 saturated heterocycles. The number of amides is 1. The smallest absolute Gasteiger partial charge is 0.227 e. The highest BCUT2D eigenvalue weighted by atomic mass is 127. The Morgan fingerprint density at radius 1 is 1.22 bits per heavy atom. The van der Waals surface area contributed by atoms with Crippen LogP contribution in [0.25, 0.3) is 0 Å². The second kappa shape index (κ2) is 10.7. The van der Waals surface area contributed by atoms with E-state index in [1.165, 1.54) is 6.07 Å². The molecule has 1 aromatic carbocycles. The zero-order chi connectivity index (χ0) is 19.2. The molecule has 1 amide bonds. The van der Waals surface area contributed by atoms with Crippen LogP contribution in [0, 0.1) is 11.2 Å². The third kappa shape index (κ3) is 6.22. The largest absolute Gasteiger partial charge is 0.366 e. The Kier molecular flexibility index (Phi) is 9.28. The minimum Gasteiger partial charge on any atom is -0.366 e. The standard InChI is InChI=1S/C19H30FN5O.HI/c1-5-22-18(23-14-19(2,3)17(26)21-4)25-12-10-24(11-13-25)16-9-7-6-8-15(16)20;/h6-9H,5,10-14H2,1-4H3,(H,21,26)(H,22,23);1H. The number of rotatable bonds is 5. The van der Waals surface area contributed by atoms with E-state index >= 15 is 0 Å². The zero-order valence-corrected chi connectivity index (χ0v) is 18.9. The molecule has 0 atom stereocenters. The van der Waals surface area contributed by atoms with Gasteiger partial charge >= 0.3 is 0 Å². The molecule has 1 aliphatic rings. The Morgan fingerprint density at radius 3 is 2.41 bits per heavy atom. The quantitative estimate of drug-likeness (QED) is 0.377. The molecule has 0 unspecified atom stereocenters. The van der Waals surface area contributed by atoms with Crippen LogP contribution < -0.4 is 15.5 Å². The fourth-order valence-corrected chi connectivity index (χ4v) is 2.98. The molecular formula is C19H31FIN5O. The molecule has 1 heterocycles. The number of nitrogens with zero attached hydrogens (tertiary/aromatic N) is 3. The minimum absolute atomic E-state index is 0. The van der Waals surface area contributed by atoms with Crippen molar-refractivity contribution in [2.45, 2.75) is 20.8 Å². The molecule has 2 rings (SSSR count). The molecule has 0 spiro atoms. The Labute approximate surface area is 178 Å². The zero-order valence-electron chi connectivity index (χ0n) is 16.6. The van der Waals surface area contributed by atoms with Gasteiger partial charge in [0, 0.05) is 39.8 Å². The molecule has 152 valence electrons. The number of carbonyl (C=O) groups is 1. The van der Waals surface area contributed by atoms with Crippen LogP contribution in [0.2, 0.25) is 0 Å². The highest BCUT2D eigenvalue weighted by molar-refractivity contribution is 14.0. The first-order valence-corrected chi connectivity index (χ1v) is 9.14. The van der Waals surface area contributed by atoms with Crippen LogP contribution in [0.3, 0.4) is 0 Å². The van der Waals surface area contributed by atoms with Crippen LogP contribution in [0.15, 0.2) is 29.3 Å². The number of guanidine groups is 1. The minimum atomic E-state index is -0.565. The predicted octanol–water partition coefficient (Wildman–Crippen LogP) is 2.30. The molecule has 0 aliphatic carbocycles. The van der Waals surface area contributed by atoms with Crippen LogP contribution >= 0.6 is 24.0 Å². The van der Waals surface area contributed by atoms with Crippen molar-refractivity contribution in [3.05, 3.63) is 30.1 Å². The van der Waals surface area contributed by atoms with E-state index < -0.39 is 5.41 Å². The van der Waals surface area contributed by atoms with E-state index in [2.05, 4.69) is 25.4 Å². The molecule has 6 nitrogen and oxygen atoms in total. The summed E-state index contributed by atoms with van der Waals surface area (Å²) in [6.07, 6.45) is 0. The number of nitrogens with one attached hydrogen (secondary N) is 2. The fourth-order valence-electron chi connectivity index (χ4n) is 2.98. The molecule has 2 N–H and O–H groups in total. The highest BCUT2D eigenvalue weighted by Gasteiger charge is 2.27. The highest BCUT2D eigenvalue weighted by Crippen LogP contribution is 2.20. The fraction of sp³-hybridized carbons (Fsp3) is 0.579. The third-order valence-electron chi connectivity index (χ3n) is 4.57. The number of hydrogen-bond donors (Lipinski definition) is 2. The average Bonchev–Trinajstić information content (AvgIpc) is 2.65. The van der Waals surface area contributed by atoms with Gasteiger partial charge in [-0.15, -0.1) is 24.0 Å². The van der Waals surface area contributed by atoms with E-state index in [0.717, 1.165) is 38.7 Å². The van der Waals surface area contributed by atoms with Crippen molar-refractivity contribution >= 4 is 41.5 Å². The molecule has 8 heteroatoms. The maximum atomic E-state index is 14.0. The van der Waals surface area contributed by atoms with Crippen LogP contribution in [0.5, 0.6) is 0 Å². The van der Waals surface area contributed by atoms with Crippen molar-refractivity contribution in [1.82, 2.24) is 15.5 Å². The number of halogens is 2. The second-order valence-electron chi connectivity index (χ2n) is 7.06. The molecule has 0 saturated carbocycles. The van der Waals surface area contributed by atoms with E-state index in [1.54, 1.807) is 13.1 Å². The van der Waals surface area contributed by atoms with Gasteiger partial charge in [0.1, 0.15) is 5.82 Å². The summed E-state index contributed by atoms with van der Waals surface area (Å²) in [5.41, 5.74) is 0.0829. The first-order chi connectivity index (χ1) is 12.4. The lowest BCUT2D eigenvalue weighted by Crippen LogP contribution is -2.53. The maximum Gasteiger partial charge on any atom is 0.227 e. The van der Waals surface area contributed by atoms with Gasteiger partial charge in [-0.05, 0) is 32.9 Å². The SMILES string of the molecule is CCNC(=NCC(C)(C)C(=O)NC)N1CCN(c2ccccc2F)CC1.I. The van der Waals surface area contributed by atoms with Gasteiger partial charge in [-0.1, -0.05) is 12.1 Å². The first kappa shape index (κ1) is 23.5. The molecule has 1 fully saturated rings. The summed E-state index contributed by atoms with van der Waals surface area (Å²) < 4.78 is 14.0. The summed E-state index contributed by atoms with van der Waals surface area (Å²) in [6, 6.07) is 6.88. The lowest BCUT2D eigenvalue weighted by Gasteiger charge is -2.38. The molecular weight excluding hydrogens is 460 g/mol. The lowest BCUT2D eigenvalue weighted by atomic mass is 9.93. The number of aliphatic imine (C=N–C) groups is 1.